The molecule has 0 spiro atoms. The molecular formula is C19H29F2IN4O. The highest BCUT2D eigenvalue weighted by atomic mass is 127. The summed E-state index contributed by atoms with van der Waals surface area (Å²) in [5.41, 5.74) is 0.0489. The zero-order valence-corrected chi connectivity index (χ0v) is 18.0. The molecule has 3 unspecified atom stereocenters. The van der Waals surface area contributed by atoms with Gasteiger partial charge < -0.3 is 20.6 Å². The normalized spacial score (nSPS) is 25.4. The first-order chi connectivity index (χ1) is 12.6. The van der Waals surface area contributed by atoms with E-state index in [0.717, 1.165) is 32.2 Å². The van der Waals surface area contributed by atoms with Crippen LogP contribution in [0.2, 0.25) is 0 Å². The number of halogens is 3. The maximum atomic E-state index is 14.0. The van der Waals surface area contributed by atoms with Gasteiger partial charge in [0.1, 0.15) is 17.3 Å². The van der Waals surface area contributed by atoms with Crippen molar-refractivity contribution < 1.29 is 13.9 Å². The Morgan fingerprint density at radius 3 is 2.63 bits per heavy atom. The third kappa shape index (κ3) is 5.66. The fourth-order valence-corrected chi connectivity index (χ4v) is 3.82. The number of nitrogens with zero attached hydrogens (tertiary/aromatic N) is 2. The summed E-state index contributed by atoms with van der Waals surface area (Å²) in [6.45, 7) is 4.44. The zero-order valence-electron chi connectivity index (χ0n) is 15.6. The summed E-state index contributed by atoms with van der Waals surface area (Å²) >= 11 is 0. The monoisotopic (exact) mass is 494 g/mol. The Kier molecular flexibility index (Phi) is 8.53. The number of guanidine groups is 1. The second kappa shape index (κ2) is 10.4. The molecule has 1 heterocycles. The first-order valence-corrected chi connectivity index (χ1v) is 9.50. The van der Waals surface area contributed by atoms with Crippen molar-refractivity contribution in [2.24, 2.45) is 10.9 Å². The van der Waals surface area contributed by atoms with Crippen molar-refractivity contribution in [2.75, 3.05) is 31.1 Å². The zero-order chi connectivity index (χ0) is 18.5. The quantitative estimate of drug-likeness (QED) is 0.335. The highest BCUT2D eigenvalue weighted by Gasteiger charge is 2.28. The third-order valence-corrected chi connectivity index (χ3v) is 5.23. The lowest BCUT2D eigenvalue weighted by molar-refractivity contribution is 0.136. The smallest absolute Gasteiger partial charge is 0.191 e. The minimum atomic E-state index is -0.526. The van der Waals surface area contributed by atoms with Gasteiger partial charge in [-0.2, -0.15) is 0 Å². The summed E-state index contributed by atoms with van der Waals surface area (Å²) in [7, 11) is 0. The molecule has 1 saturated carbocycles. The molecule has 1 saturated heterocycles. The number of para-hydroxylation sites is 1. The number of aliphatic hydroxyl groups excluding tert-OH is 1. The van der Waals surface area contributed by atoms with Gasteiger partial charge in [0.2, 0.25) is 0 Å². The van der Waals surface area contributed by atoms with Crippen LogP contribution in [-0.2, 0) is 0 Å². The molecule has 1 aliphatic carbocycles. The number of benzene rings is 1. The summed E-state index contributed by atoms with van der Waals surface area (Å²) in [6.07, 6.45) is 3.44. The molecule has 0 aromatic heterocycles. The van der Waals surface area contributed by atoms with Gasteiger partial charge in [0.05, 0.1) is 6.10 Å². The fraction of sp³-hybridized carbons (Fsp3) is 0.632. The Balaban J connectivity index is 0.00000261. The molecule has 0 bridgehead atoms. The van der Waals surface area contributed by atoms with E-state index < -0.39 is 11.6 Å². The molecule has 2 aliphatic rings. The SMILES string of the molecule is CCNC(=NCC1CCCC1O)NC1CCN(c2c(F)cccc2F)C1.I. The Morgan fingerprint density at radius 2 is 2.00 bits per heavy atom. The number of hydrogen-bond acceptors (Lipinski definition) is 3. The Hall–Kier alpha value is -1.16. The average Bonchev–Trinajstić information content (AvgIpc) is 3.22. The molecule has 0 radical (unpaired) electrons. The van der Waals surface area contributed by atoms with Crippen LogP contribution in [0.15, 0.2) is 23.2 Å². The highest BCUT2D eigenvalue weighted by Crippen LogP contribution is 2.27. The van der Waals surface area contributed by atoms with Crippen molar-refractivity contribution in [1.82, 2.24) is 10.6 Å². The maximum absolute atomic E-state index is 14.0. The van der Waals surface area contributed by atoms with Crippen molar-refractivity contribution >= 4 is 35.6 Å². The lowest BCUT2D eigenvalue weighted by Crippen LogP contribution is -2.45. The molecule has 3 N–H and O–H groups in total. The van der Waals surface area contributed by atoms with Gasteiger partial charge in [-0.25, -0.2) is 8.78 Å². The largest absolute Gasteiger partial charge is 0.393 e. The van der Waals surface area contributed by atoms with Gasteiger partial charge in [-0.3, -0.25) is 4.99 Å². The van der Waals surface area contributed by atoms with Crippen molar-refractivity contribution in [3.8, 4) is 0 Å². The van der Waals surface area contributed by atoms with E-state index in [-0.39, 0.29) is 47.7 Å². The van der Waals surface area contributed by atoms with Crippen LogP contribution in [-0.4, -0.2) is 49.4 Å². The number of nitrogens with one attached hydrogen (secondary N) is 2. The fourth-order valence-electron chi connectivity index (χ4n) is 3.82. The minimum absolute atomic E-state index is 0. The maximum Gasteiger partial charge on any atom is 0.191 e. The van der Waals surface area contributed by atoms with Crippen LogP contribution in [0.25, 0.3) is 0 Å². The molecule has 1 aromatic carbocycles. The van der Waals surface area contributed by atoms with Crippen LogP contribution in [0.3, 0.4) is 0 Å². The number of anilines is 1. The number of aliphatic hydroxyl groups is 1. The van der Waals surface area contributed by atoms with E-state index in [0.29, 0.717) is 25.6 Å². The summed E-state index contributed by atoms with van der Waals surface area (Å²) < 4.78 is 28.0. The molecule has 152 valence electrons. The molecule has 3 atom stereocenters. The predicted octanol–water partition coefficient (Wildman–Crippen LogP) is 2.88. The van der Waals surface area contributed by atoms with E-state index >= 15 is 0 Å². The van der Waals surface area contributed by atoms with Crippen LogP contribution in [0, 0.1) is 17.6 Å². The van der Waals surface area contributed by atoms with Crippen molar-refractivity contribution in [2.45, 2.75) is 44.8 Å². The molecule has 1 aliphatic heterocycles. The summed E-state index contributed by atoms with van der Waals surface area (Å²) in [4.78, 5) is 6.35. The standard InChI is InChI=1S/C19H28F2N4O.HI/c1-2-22-19(23-11-13-5-3-8-17(13)26)24-14-9-10-25(12-14)18-15(20)6-4-7-16(18)21;/h4,6-7,13-14,17,26H,2-3,5,8-12H2,1H3,(H2,22,23,24);1H. The molecule has 8 heteroatoms. The molecule has 5 nitrogen and oxygen atoms in total. The number of rotatable bonds is 5. The Bertz CT molecular complexity index is 626. The van der Waals surface area contributed by atoms with Gasteiger partial charge in [-0.1, -0.05) is 12.5 Å². The summed E-state index contributed by atoms with van der Waals surface area (Å²) in [5, 5.41) is 16.5. The molecular weight excluding hydrogens is 465 g/mol. The molecule has 3 rings (SSSR count). The van der Waals surface area contributed by atoms with Crippen molar-refractivity contribution in [3.05, 3.63) is 29.8 Å². The lowest BCUT2D eigenvalue weighted by Gasteiger charge is -2.21. The average molecular weight is 494 g/mol. The Labute approximate surface area is 176 Å². The van der Waals surface area contributed by atoms with Crippen LogP contribution in [0.4, 0.5) is 14.5 Å². The highest BCUT2D eigenvalue weighted by molar-refractivity contribution is 14.0. The van der Waals surface area contributed by atoms with Crippen LogP contribution >= 0.6 is 24.0 Å². The van der Waals surface area contributed by atoms with Crippen LogP contribution < -0.4 is 15.5 Å². The second-order valence-corrected chi connectivity index (χ2v) is 7.12. The van der Waals surface area contributed by atoms with E-state index in [1.807, 2.05) is 6.92 Å². The van der Waals surface area contributed by atoms with Gasteiger partial charge >= 0.3 is 0 Å². The molecule has 0 amide bonds. The predicted molar refractivity (Wildman–Crippen MR) is 115 cm³/mol. The van der Waals surface area contributed by atoms with E-state index in [9.17, 15) is 13.9 Å². The first kappa shape index (κ1) is 22.1. The van der Waals surface area contributed by atoms with E-state index in [4.69, 9.17) is 0 Å². The lowest BCUT2D eigenvalue weighted by atomic mass is 10.1. The second-order valence-electron chi connectivity index (χ2n) is 7.12. The molecule has 2 fully saturated rings. The van der Waals surface area contributed by atoms with E-state index in [2.05, 4.69) is 15.6 Å². The Morgan fingerprint density at radius 1 is 1.26 bits per heavy atom. The van der Waals surface area contributed by atoms with E-state index in [1.54, 1.807) is 4.90 Å². The summed E-state index contributed by atoms with van der Waals surface area (Å²) in [5.74, 6) is -0.131. The number of hydrogen-bond donors (Lipinski definition) is 3. The third-order valence-electron chi connectivity index (χ3n) is 5.23. The van der Waals surface area contributed by atoms with Crippen LogP contribution in [0.1, 0.15) is 32.6 Å². The molecule has 1 aromatic rings. The van der Waals surface area contributed by atoms with Crippen molar-refractivity contribution in [3.63, 3.8) is 0 Å². The minimum Gasteiger partial charge on any atom is -0.393 e. The van der Waals surface area contributed by atoms with Gasteiger partial charge in [0.25, 0.3) is 0 Å². The van der Waals surface area contributed by atoms with Crippen molar-refractivity contribution in [1.29, 1.82) is 0 Å². The number of aliphatic imine (C=N–C) groups is 1. The van der Waals surface area contributed by atoms with Gasteiger partial charge in [-0.15, -0.1) is 24.0 Å². The molecule has 27 heavy (non-hydrogen) atoms. The topological polar surface area (TPSA) is 59.9 Å². The van der Waals surface area contributed by atoms with E-state index in [1.165, 1.54) is 18.2 Å². The van der Waals surface area contributed by atoms with Gasteiger partial charge in [-0.05, 0) is 38.3 Å². The summed E-state index contributed by atoms with van der Waals surface area (Å²) in [6, 6.07) is 4.03. The first-order valence-electron chi connectivity index (χ1n) is 9.50. The van der Waals surface area contributed by atoms with Crippen LogP contribution in [0.5, 0.6) is 0 Å². The van der Waals surface area contributed by atoms with Gasteiger partial charge in [0, 0.05) is 38.1 Å². The van der Waals surface area contributed by atoms with Gasteiger partial charge in [0.15, 0.2) is 5.96 Å².